The Labute approximate surface area is 137 Å². The number of aliphatic imine (C=N–C) groups is 1. The monoisotopic (exact) mass is 295 g/mol. The van der Waals surface area contributed by atoms with Crippen molar-refractivity contribution in [2.45, 2.75) is 6.92 Å². The molecule has 0 saturated carbocycles. The third kappa shape index (κ3) is 4.18. The van der Waals surface area contributed by atoms with Gasteiger partial charge in [0.05, 0.1) is 5.69 Å². The molecule has 110 valence electrons. The summed E-state index contributed by atoms with van der Waals surface area (Å²) in [6.07, 6.45) is 1.89. The fourth-order valence-electron chi connectivity index (χ4n) is 2.17. The minimum atomic E-state index is 1.00. The number of hydrogen-bond donors (Lipinski definition) is 0. The van der Waals surface area contributed by atoms with E-state index in [-0.39, 0.29) is 0 Å². The highest BCUT2D eigenvalue weighted by Gasteiger charge is 1.93. The Bertz CT molecular complexity index is 863. The molecule has 23 heavy (non-hydrogen) atoms. The van der Waals surface area contributed by atoms with Crippen LogP contribution in [0.25, 0.3) is 0 Å². The quantitative estimate of drug-likeness (QED) is 0.458. The van der Waals surface area contributed by atoms with Gasteiger partial charge in [-0.2, -0.15) is 0 Å². The zero-order chi connectivity index (χ0) is 15.9. The van der Waals surface area contributed by atoms with E-state index in [4.69, 9.17) is 0 Å². The van der Waals surface area contributed by atoms with Crippen molar-refractivity contribution in [1.29, 1.82) is 0 Å². The summed E-state index contributed by atoms with van der Waals surface area (Å²) in [6.45, 7) is 2.06. The van der Waals surface area contributed by atoms with E-state index < -0.39 is 0 Å². The maximum Gasteiger partial charge on any atom is 0.0659 e. The van der Waals surface area contributed by atoms with Crippen molar-refractivity contribution in [3.05, 3.63) is 101 Å². The molecule has 0 radical (unpaired) electrons. The van der Waals surface area contributed by atoms with Crippen LogP contribution in [0.3, 0.4) is 0 Å². The van der Waals surface area contributed by atoms with Gasteiger partial charge in [-0.1, -0.05) is 60.4 Å². The Morgan fingerprint density at radius 3 is 2.00 bits per heavy atom. The zero-order valence-corrected chi connectivity index (χ0v) is 13.0. The van der Waals surface area contributed by atoms with Crippen molar-refractivity contribution in [3.63, 3.8) is 0 Å². The van der Waals surface area contributed by atoms with E-state index in [2.05, 4.69) is 29.8 Å². The van der Waals surface area contributed by atoms with E-state index in [0.717, 1.165) is 22.4 Å². The molecule has 3 aromatic rings. The number of hydrogen-bond acceptors (Lipinski definition) is 1. The van der Waals surface area contributed by atoms with Crippen LogP contribution in [0, 0.1) is 18.8 Å². The van der Waals surface area contributed by atoms with Crippen LogP contribution < -0.4 is 0 Å². The summed E-state index contributed by atoms with van der Waals surface area (Å²) >= 11 is 0. The van der Waals surface area contributed by atoms with Crippen LogP contribution in [-0.4, -0.2) is 6.21 Å². The number of aryl methyl sites for hydroxylation is 1. The zero-order valence-electron chi connectivity index (χ0n) is 13.0. The molecule has 0 aliphatic rings. The lowest BCUT2D eigenvalue weighted by Gasteiger charge is -1.98. The lowest BCUT2D eigenvalue weighted by Crippen LogP contribution is -1.82. The molecule has 0 spiro atoms. The summed E-state index contributed by atoms with van der Waals surface area (Å²) in [4.78, 5) is 4.54. The molecule has 0 unspecified atom stereocenters. The molecule has 3 rings (SSSR count). The van der Waals surface area contributed by atoms with Crippen LogP contribution in [-0.2, 0) is 0 Å². The van der Waals surface area contributed by atoms with Gasteiger partial charge in [-0.25, -0.2) is 0 Å². The van der Waals surface area contributed by atoms with E-state index in [1.807, 2.05) is 79.0 Å². The molecule has 0 fully saturated rings. The largest absolute Gasteiger partial charge is 0.256 e. The van der Waals surface area contributed by atoms with Crippen LogP contribution in [0.1, 0.15) is 22.3 Å². The van der Waals surface area contributed by atoms with Crippen LogP contribution in [0.5, 0.6) is 0 Å². The van der Waals surface area contributed by atoms with E-state index in [9.17, 15) is 0 Å². The molecular weight excluding hydrogens is 278 g/mol. The van der Waals surface area contributed by atoms with E-state index in [1.54, 1.807) is 0 Å². The first kappa shape index (κ1) is 14.8. The van der Waals surface area contributed by atoms with Crippen LogP contribution >= 0.6 is 0 Å². The topological polar surface area (TPSA) is 12.4 Å². The molecule has 1 nitrogen and oxygen atoms in total. The first-order valence-electron chi connectivity index (χ1n) is 7.58. The van der Waals surface area contributed by atoms with Crippen molar-refractivity contribution in [1.82, 2.24) is 0 Å². The molecule has 1 heteroatoms. The Hall–Kier alpha value is -3.11. The molecular formula is C22H17N. The number of benzene rings is 3. The van der Waals surface area contributed by atoms with Gasteiger partial charge in [-0.3, -0.25) is 4.99 Å². The maximum atomic E-state index is 4.54. The lowest BCUT2D eigenvalue weighted by molar-refractivity contribution is 1.40. The second-order valence-corrected chi connectivity index (χ2v) is 5.28. The summed E-state index contributed by atoms with van der Waals surface area (Å²) in [5, 5.41) is 0. The van der Waals surface area contributed by atoms with Crippen molar-refractivity contribution >= 4 is 11.9 Å². The van der Waals surface area contributed by atoms with Gasteiger partial charge in [-0.05, 0) is 48.4 Å². The van der Waals surface area contributed by atoms with Gasteiger partial charge < -0.3 is 0 Å². The van der Waals surface area contributed by atoms with Crippen LogP contribution in [0.2, 0.25) is 0 Å². The van der Waals surface area contributed by atoms with Crippen molar-refractivity contribution in [3.8, 4) is 11.8 Å². The standard InChI is InChI=1S/C22H17N/c1-18-7-5-6-10-22(18)23-17-21-15-13-20(14-16-21)12-11-19-8-3-2-4-9-19/h2-10,13-17H,1H3. The van der Waals surface area contributed by atoms with Crippen molar-refractivity contribution in [2.75, 3.05) is 0 Å². The van der Waals surface area contributed by atoms with Crippen molar-refractivity contribution in [2.24, 2.45) is 4.99 Å². The third-order valence-corrected chi connectivity index (χ3v) is 3.50. The van der Waals surface area contributed by atoms with Gasteiger partial charge in [0.1, 0.15) is 0 Å². The van der Waals surface area contributed by atoms with Crippen molar-refractivity contribution < 1.29 is 0 Å². The third-order valence-electron chi connectivity index (χ3n) is 3.50. The van der Waals surface area contributed by atoms with Gasteiger partial charge in [0.25, 0.3) is 0 Å². The summed E-state index contributed by atoms with van der Waals surface area (Å²) in [6, 6.07) is 26.2. The highest BCUT2D eigenvalue weighted by atomic mass is 14.7. The Balaban J connectivity index is 1.73. The molecule has 0 amide bonds. The van der Waals surface area contributed by atoms with Gasteiger partial charge in [-0.15, -0.1) is 0 Å². The molecule has 3 aromatic carbocycles. The average molecular weight is 295 g/mol. The van der Waals surface area contributed by atoms with Gasteiger partial charge >= 0.3 is 0 Å². The highest BCUT2D eigenvalue weighted by molar-refractivity contribution is 5.82. The van der Waals surface area contributed by atoms with E-state index in [1.165, 1.54) is 5.56 Å². The Morgan fingerprint density at radius 1 is 0.696 bits per heavy atom. The number of nitrogens with zero attached hydrogens (tertiary/aromatic N) is 1. The molecule has 0 aromatic heterocycles. The average Bonchev–Trinajstić information content (AvgIpc) is 2.61. The summed E-state index contributed by atoms with van der Waals surface area (Å²) < 4.78 is 0. The fraction of sp³-hybridized carbons (Fsp3) is 0.0455. The first-order valence-corrected chi connectivity index (χ1v) is 7.58. The smallest absolute Gasteiger partial charge is 0.0659 e. The predicted octanol–water partition coefficient (Wildman–Crippen LogP) is 5.15. The normalized spacial score (nSPS) is 10.3. The second-order valence-electron chi connectivity index (χ2n) is 5.28. The van der Waals surface area contributed by atoms with E-state index >= 15 is 0 Å². The van der Waals surface area contributed by atoms with Gasteiger partial charge in [0.2, 0.25) is 0 Å². The fourth-order valence-corrected chi connectivity index (χ4v) is 2.17. The molecule has 0 saturated heterocycles. The predicted molar refractivity (Wildman–Crippen MR) is 97.3 cm³/mol. The number of rotatable bonds is 2. The molecule has 0 aliphatic heterocycles. The SMILES string of the molecule is Cc1ccccc1N=Cc1ccc(C#Cc2ccccc2)cc1. The van der Waals surface area contributed by atoms with E-state index in [0.29, 0.717) is 0 Å². The number of para-hydroxylation sites is 1. The minimum Gasteiger partial charge on any atom is -0.256 e. The van der Waals surface area contributed by atoms with Crippen LogP contribution in [0.4, 0.5) is 5.69 Å². The molecule has 0 aliphatic carbocycles. The summed E-state index contributed by atoms with van der Waals surface area (Å²) in [7, 11) is 0. The first-order chi connectivity index (χ1) is 11.3. The summed E-state index contributed by atoms with van der Waals surface area (Å²) in [5.74, 6) is 6.34. The highest BCUT2D eigenvalue weighted by Crippen LogP contribution is 2.16. The summed E-state index contributed by atoms with van der Waals surface area (Å²) in [5.41, 5.74) is 5.27. The minimum absolute atomic E-state index is 1.00. The lowest BCUT2D eigenvalue weighted by atomic mass is 10.1. The molecule has 0 atom stereocenters. The Morgan fingerprint density at radius 2 is 1.30 bits per heavy atom. The molecule has 0 heterocycles. The van der Waals surface area contributed by atoms with Gasteiger partial charge in [0.15, 0.2) is 0 Å². The van der Waals surface area contributed by atoms with Gasteiger partial charge in [0, 0.05) is 17.3 Å². The maximum absolute atomic E-state index is 4.54. The Kier molecular flexibility index (Phi) is 4.66. The second kappa shape index (κ2) is 7.24. The molecule has 0 N–H and O–H groups in total. The van der Waals surface area contributed by atoms with Crippen LogP contribution in [0.15, 0.2) is 83.9 Å². The molecule has 0 bridgehead atoms.